The van der Waals surface area contributed by atoms with E-state index in [4.69, 9.17) is 14.2 Å². The van der Waals surface area contributed by atoms with Crippen LogP contribution in [0.4, 0.5) is 11.4 Å². The Labute approximate surface area is 153 Å². The fraction of sp³-hybridized carbons (Fsp3) is 0.350. The van der Waals surface area contributed by atoms with Gasteiger partial charge in [-0.2, -0.15) is 0 Å². The molecule has 0 unspecified atom stereocenters. The van der Waals surface area contributed by atoms with E-state index in [2.05, 4.69) is 10.2 Å². The van der Waals surface area contributed by atoms with Crippen LogP contribution >= 0.6 is 0 Å². The highest BCUT2D eigenvalue weighted by molar-refractivity contribution is 5.91. The molecule has 0 spiro atoms. The standard InChI is InChI=1S/C20H24N2O4/c1-24-19-4-2-3-16(13-19)14-26-15-20(23)21-17-5-7-18(8-6-17)22-9-11-25-12-10-22/h2-8,13H,9-12,14-15H2,1H3,(H,21,23). The fourth-order valence-corrected chi connectivity index (χ4v) is 2.80. The van der Waals surface area contributed by atoms with Crippen molar-refractivity contribution in [2.24, 2.45) is 0 Å². The first-order valence-corrected chi connectivity index (χ1v) is 8.68. The molecule has 0 aliphatic carbocycles. The molecule has 0 radical (unpaired) electrons. The van der Waals surface area contributed by atoms with Gasteiger partial charge in [0.05, 0.1) is 26.9 Å². The lowest BCUT2D eigenvalue weighted by molar-refractivity contribution is -0.121. The summed E-state index contributed by atoms with van der Waals surface area (Å²) in [5.74, 6) is 0.600. The van der Waals surface area contributed by atoms with Gasteiger partial charge in [0.2, 0.25) is 5.91 Å². The van der Waals surface area contributed by atoms with Gasteiger partial charge >= 0.3 is 0 Å². The molecule has 0 bridgehead atoms. The minimum absolute atomic E-state index is 0.00241. The number of benzene rings is 2. The zero-order chi connectivity index (χ0) is 18.2. The summed E-state index contributed by atoms with van der Waals surface area (Å²) < 4.78 is 16.0. The maximum atomic E-state index is 12.0. The number of ether oxygens (including phenoxy) is 3. The molecular formula is C20H24N2O4. The molecule has 0 saturated carbocycles. The molecule has 3 rings (SSSR count). The molecule has 2 aromatic carbocycles. The number of anilines is 2. The molecule has 2 aromatic rings. The molecule has 6 nitrogen and oxygen atoms in total. The first-order valence-electron chi connectivity index (χ1n) is 8.68. The van der Waals surface area contributed by atoms with Crippen molar-refractivity contribution >= 4 is 17.3 Å². The summed E-state index contributed by atoms with van der Waals surface area (Å²) in [5, 5.41) is 2.85. The molecule has 1 N–H and O–H groups in total. The molecule has 1 amide bonds. The average molecular weight is 356 g/mol. The Morgan fingerprint density at radius 1 is 1.15 bits per heavy atom. The van der Waals surface area contributed by atoms with E-state index in [1.807, 2.05) is 48.5 Å². The third-order valence-electron chi connectivity index (χ3n) is 4.16. The highest BCUT2D eigenvalue weighted by atomic mass is 16.5. The second-order valence-electron chi connectivity index (χ2n) is 6.04. The number of hydrogen-bond donors (Lipinski definition) is 1. The van der Waals surface area contributed by atoms with E-state index >= 15 is 0 Å². The van der Waals surface area contributed by atoms with Gasteiger partial charge in [0, 0.05) is 24.5 Å². The van der Waals surface area contributed by atoms with Gasteiger partial charge in [0.25, 0.3) is 0 Å². The van der Waals surface area contributed by atoms with Crippen molar-refractivity contribution < 1.29 is 19.0 Å². The average Bonchev–Trinajstić information content (AvgIpc) is 2.69. The topological polar surface area (TPSA) is 60.0 Å². The molecule has 1 aliphatic rings. The number of hydrogen-bond acceptors (Lipinski definition) is 5. The molecular weight excluding hydrogens is 332 g/mol. The zero-order valence-corrected chi connectivity index (χ0v) is 14.9. The van der Waals surface area contributed by atoms with Crippen molar-refractivity contribution in [2.75, 3.05) is 50.2 Å². The summed E-state index contributed by atoms with van der Waals surface area (Å²) in [4.78, 5) is 14.3. The van der Waals surface area contributed by atoms with Crippen LogP contribution in [-0.2, 0) is 20.9 Å². The van der Waals surface area contributed by atoms with Crippen molar-refractivity contribution in [3.8, 4) is 5.75 Å². The Balaban J connectivity index is 1.44. The van der Waals surface area contributed by atoms with Crippen LogP contribution in [0, 0.1) is 0 Å². The number of nitrogens with zero attached hydrogens (tertiary/aromatic N) is 1. The molecule has 138 valence electrons. The third kappa shape index (κ3) is 5.21. The molecule has 6 heteroatoms. The lowest BCUT2D eigenvalue weighted by Crippen LogP contribution is -2.36. The minimum atomic E-state index is -0.174. The van der Waals surface area contributed by atoms with E-state index in [1.165, 1.54) is 0 Å². The number of carbonyl (C=O) groups excluding carboxylic acids is 1. The van der Waals surface area contributed by atoms with Crippen LogP contribution in [0.2, 0.25) is 0 Å². The van der Waals surface area contributed by atoms with Crippen molar-refractivity contribution in [3.05, 3.63) is 54.1 Å². The summed E-state index contributed by atoms with van der Waals surface area (Å²) in [6.45, 7) is 3.66. The Morgan fingerprint density at radius 2 is 1.92 bits per heavy atom. The van der Waals surface area contributed by atoms with Crippen LogP contribution in [0.3, 0.4) is 0 Å². The van der Waals surface area contributed by atoms with Gasteiger partial charge in [0.1, 0.15) is 12.4 Å². The van der Waals surface area contributed by atoms with E-state index in [0.717, 1.165) is 49.0 Å². The molecule has 1 aliphatic heterocycles. The predicted octanol–water partition coefficient (Wildman–Crippen LogP) is 2.69. The largest absolute Gasteiger partial charge is 0.497 e. The first-order chi connectivity index (χ1) is 12.7. The zero-order valence-electron chi connectivity index (χ0n) is 14.9. The Kier molecular flexibility index (Phi) is 6.46. The summed E-state index contributed by atoms with van der Waals surface area (Å²) >= 11 is 0. The molecule has 0 aromatic heterocycles. The summed E-state index contributed by atoms with van der Waals surface area (Å²) in [5.41, 5.74) is 2.87. The Bertz CT molecular complexity index is 712. The number of carbonyl (C=O) groups is 1. The number of methoxy groups -OCH3 is 1. The van der Waals surface area contributed by atoms with Gasteiger partial charge in [-0.05, 0) is 42.0 Å². The van der Waals surface area contributed by atoms with E-state index < -0.39 is 0 Å². The maximum Gasteiger partial charge on any atom is 0.250 e. The van der Waals surface area contributed by atoms with Crippen LogP contribution in [0.15, 0.2) is 48.5 Å². The van der Waals surface area contributed by atoms with Gasteiger partial charge in [-0.25, -0.2) is 0 Å². The lowest BCUT2D eigenvalue weighted by atomic mass is 10.2. The summed E-state index contributed by atoms with van der Waals surface area (Å²) in [6.07, 6.45) is 0. The van der Waals surface area contributed by atoms with Crippen LogP contribution in [0.25, 0.3) is 0 Å². The monoisotopic (exact) mass is 356 g/mol. The van der Waals surface area contributed by atoms with Crippen molar-refractivity contribution in [3.63, 3.8) is 0 Å². The lowest BCUT2D eigenvalue weighted by Gasteiger charge is -2.28. The molecule has 1 fully saturated rings. The molecule has 0 atom stereocenters. The van der Waals surface area contributed by atoms with E-state index in [-0.39, 0.29) is 12.5 Å². The SMILES string of the molecule is COc1cccc(COCC(=O)Nc2ccc(N3CCOCC3)cc2)c1. The summed E-state index contributed by atoms with van der Waals surface area (Å²) in [7, 11) is 1.62. The molecule has 1 saturated heterocycles. The highest BCUT2D eigenvalue weighted by Crippen LogP contribution is 2.19. The van der Waals surface area contributed by atoms with Gasteiger partial charge in [-0.15, -0.1) is 0 Å². The number of nitrogens with one attached hydrogen (secondary N) is 1. The Hall–Kier alpha value is -2.57. The predicted molar refractivity (Wildman–Crippen MR) is 101 cm³/mol. The fourth-order valence-electron chi connectivity index (χ4n) is 2.80. The van der Waals surface area contributed by atoms with Crippen LogP contribution in [0.5, 0.6) is 5.75 Å². The van der Waals surface area contributed by atoms with Crippen molar-refractivity contribution in [2.45, 2.75) is 6.61 Å². The van der Waals surface area contributed by atoms with Gasteiger partial charge in [-0.3, -0.25) is 4.79 Å². The van der Waals surface area contributed by atoms with E-state index in [9.17, 15) is 4.79 Å². The second kappa shape index (κ2) is 9.22. The van der Waals surface area contributed by atoms with Crippen molar-refractivity contribution in [1.82, 2.24) is 0 Å². The van der Waals surface area contributed by atoms with Crippen LogP contribution < -0.4 is 15.0 Å². The van der Waals surface area contributed by atoms with Gasteiger partial charge < -0.3 is 24.4 Å². The van der Waals surface area contributed by atoms with E-state index in [0.29, 0.717) is 6.61 Å². The van der Waals surface area contributed by atoms with Gasteiger partial charge in [-0.1, -0.05) is 12.1 Å². The quantitative estimate of drug-likeness (QED) is 0.827. The van der Waals surface area contributed by atoms with Crippen LogP contribution in [-0.4, -0.2) is 45.9 Å². The number of morpholine rings is 1. The first kappa shape index (κ1) is 18.2. The second-order valence-corrected chi connectivity index (χ2v) is 6.04. The van der Waals surface area contributed by atoms with Gasteiger partial charge in [0.15, 0.2) is 0 Å². The van der Waals surface area contributed by atoms with Crippen molar-refractivity contribution in [1.29, 1.82) is 0 Å². The summed E-state index contributed by atoms with van der Waals surface area (Å²) in [6, 6.07) is 15.4. The minimum Gasteiger partial charge on any atom is -0.497 e. The molecule has 1 heterocycles. The van der Waals surface area contributed by atoms with E-state index in [1.54, 1.807) is 7.11 Å². The van der Waals surface area contributed by atoms with Crippen LogP contribution in [0.1, 0.15) is 5.56 Å². The normalized spacial score (nSPS) is 14.1. The number of rotatable bonds is 7. The maximum absolute atomic E-state index is 12.0. The molecule has 26 heavy (non-hydrogen) atoms. The third-order valence-corrected chi connectivity index (χ3v) is 4.16. The Morgan fingerprint density at radius 3 is 2.65 bits per heavy atom. The smallest absolute Gasteiger partial charge is 0.250 e. The number of amides is 1. The highest BCUT2D eigenvalue weighted by Gasteiger charge is 2.11.